The molecule has 1 amide bonds. The number of carbonyl (C=O) groups is 1. The van der Waals surface area contributed by atoms with E-state index in [4.69, 9.17) is 0 Å². The second-order valence-electron chi connectivity index (χ2n) is 6.63. The number of carbonyl (C=O) groups excluding carboxylic acids is 1. The van der Waals surface area contributed by atoms with Crippen molar-refractivity contribution in [3.63, 3.8) is 0 Å². The van der Waals surface area contributed by atoms with Gasteiger partial charge in [0.25, 0.3) is 11.5 Å². The van der Waals surface area contributed by atoms with Gasteiger partial charge in [-0.3, -0.25) is 9.59 Å². The number of hydrogen-bond acceptors (Lipinski definition) is 3. The van der Waals surface area contributed by atoms with Crippen molar-refractivity contribution < 1.29 is 18.7 Å². The fourth-order valence-corrected chi connectivity index (χ4v) is 3.37. The normalized spacial score (nSPS) is 17.3. The quantitative estimate of drug-likeness (QED) is 0.878. The third-order valence-corrected chi connectivity index (χ3v) is 4.78. The summed E-state index contributed by atoms with van der Waals surface area (Å²) in [6.45, 7) is 1.07. The molecule has 1 unspecified atom stereocenters. The number of hydrogen-bond donors (Lipinski definition) is 2. The molecule has 1 aliphatic rings. The molecule has 2 heterocycles. The van der Waals surface area contributed by atoms with E-state index in [1.54, 1.807) is 4.90 Å². The Labute approximate surface area is 149 Å². The predicted molar refractivity (Wildman–Crippen MR) is 92.0 cm³/mol. The Morgan fingerprint density at radius 2 is 2.12 bits per heavy atom. The van der Waals surface area contributed by atoms with E-state index in [9.17, 15) is 23.5 Å². The Bertz CT molecular complexity index is 866. The van der Waals surface area contributed by atoms with Gasteiger partial charge in [-0.25, -0.2) is 8.78 Å². The summed E-state index contributed by atoms with van der Waals surface area (Å²) in [5.41, 5.74) is 0.0554. The summed E-state index contributed by atoms with van der Waals surface area (Å²) in [7, 11) is 0. The van der Waals surface area contributed by atoms with Crippen molar-refractivity contribution in [2.45, 2.75) is 25.7 Å². The van der Waals surface area contributed by atoms with Crippen LogP contribution in [-0.2, 0) is 6.42 Å². The molecule has 5 nitrogen and oxygen atoms in total. The predicted octanol–water partition coefficient (Wildman–Crippen LogP) is 2.84. The number of rotatable bonds is 4. The maximum absolute atomic E-state index is 13.7. The summed E-state index contributed by atoms with van der Waals surface area (Å²) in [4.78, 5) is 27.8. The van der Waals surface area contributed by atoms with Crippen LogP contribution in [0, 0.1) is 17.6 Å². The van der Waals surface area contributed by atoms with Gasteiger partial charge in [0.15, 0.2) is 0 Å². The lowest BCUT2D eigenvalue weighted by Crippen LogP contribution is -2.40. The average molecular weight is 362 g/mol. The first-order chi connectivity index (χ1) is 12.4. The van der Waals surface area contributed by atoms with E-state index < -0.39 is 17.2 Å². The van der Waals surface area contributed by atoms with Gasteiger partial charge in [0.2, 0.25) is 0 Å². The minimum absolute atomic E-state index is 0.0647. The van der Waals surface area contributed by atoms with E-state index in [-0.39, 0.29) is 23.1 Å². The average Bonchev–Trinajstić information content (AvgIpc) is 2.61. The Morgan fingerprint density at radius 1 is 1.31 bits per heavy atom. The fraction of sp³-hybridized carbons (Fsp3) is 0.368. The number of nitrogens with zero attached hydrogens (tertiary/aromatic N) is 1. The number of H-pyrrole nitrogens is 1. The summed E-state index contributed by atoms with van der Waals surface area (Å²) >= 11 is 0. The molecule has 1 aromatic carbocycles. The first kappa shape index (κ1) is 18.1. The van der Waals surface area contributed by atoms with Crippen LogP contribution in [0.2, 0.25) is 0 Å². The van der Waals surface area contributed by atoms with Crippen LogP contribution < -0.4 is 5.56 Å². The van der Waals surface area contributed by atoms with Crippen LogP contribution in [0.4, 0.5) is 8.78 Å². The largest absolute Gasteiger partial charge is 0.507 e. The zero-order chi connectivity index (χ0) is 18.7. The second-order valence-corrected chi connectivity index (χ2v) is 6.63. The molecule has 0 aliphatic carbocycles. The van der Waals surface area contributed by atoms with Crippen LogP contribution in [0.25, 0.3) is 0 Å². The molecule has 26 heavy (non-hydrogen) atoms. The van der Waals surface area contributed by atoms with Crippen molar-refractivity contribution >= 4 is 5.91 Å². The smallest absolute Gasteiger partial charge is 0.259 e. The van der Waals surface area contributed by atoms with Gasteiger partial charge in [0.05, 0.1) is 5.56 Å². The third-order valence-electron chi connectivity index (χ3n) is 4.78. The van der Waals surface area contributed by atoms with Gasteiger partial charge in [-0.05, 0) is 43.2 Å². The van der Waals surface area contributed by atoms with Gasteiger partial charge in [0, 0.05) is 31.4 Å². The van der Waals surface area contributed by atoms with Gasteiger partial charge < -0.3 is 15.0 Å². The molecule has 0 bridgehead atoms. The zero-order valence-electron chi connectivity index (χ0n) is 14.2. The van der Waals surface area contributed by atoms with Crippen molar-refractivity contribution in [1.29, 1.82) is 0 Å². The van der Waals surface area contributed by atoms with Crippen LogP contribution in [0.15, 0.2) is 35.3 Å². The monoisotopic (exact) mass is 362 g/mol. The number of aryl methyl sites for hydroxylation is 1. The van der Waals surface area contributed by atoms with Crippen molar-refractivity contribution in [3.8, 4) is 5.75 Å². The minimum Gasteiger partial charge on any atom is -0.507 e. The summed E-state index contributed by atoms with van der Waals surface area (Å²) in [5, 5.41) is 9.82. The van der Waals surface area contributed by atoms with Crippen LogP contribution in [0.1, 0.15) is 35.2 Å². The molecule has 0 spiro atoms. The van der Waals surface area contributed by atoms with Crippen molar-refractivity contribution in [2.75, 3.05) is 13.1 Å². The summed E-state index contributed by atoms with van der Waals surface area (Å²) in [6, 6.07) is 4.56. The lowest BCUT2D eigenvalue weighted by molar-refractivity contribution is 0.0664. The number of piperidine rings is 1. The van der Waals surface area contributed by atoms with E-state index in [2.05, 4.69) is 4.98 Å². The Hall–Kier alpha value is -2.70. The number of nitrogens with one attached hydrogen (secondary N) is 1. The molecule has 2 aromatic rings. The Balaban J connectivity index is 1.63. The van der Waals surface area contributed by atoms with Crippen LogP contribution >= 0.6 is 0 Å². The highest BCUT2D eigenvalue weighted by Crippen LogP contribution is 2.25. The van der Waals surface area contributed by atoms with E-state index in [1.807, 2.05) is 0 Å². The molecular weight excluding hydrogens is 342 g/mol. The highest BCUT2D eigenvalue weighted by molar-refractivity contribution is 5.96. The highest BCUT2D eigenvalue weighted by Gasteiger charge is 2.26. The maximum Gasteiger partial charge on any atom is 0.259 e. The van der Waals surface area contributed by atoms with Crippen LogP contribution in [0.5, 0.6) is 5.75 Å². The van der Waals surface area contributed by atoms with Gasteiger partial charge in [0.1, 0.15) is 17.4 Å². The number of aromatic nitrogens is 1. The number of amides is 1. The fourth-order valence-electron chi connectivity index (χ4n) is 3.37. The molecule has 2 N–H and O–H groups in total. The van der Waals surface area contributed by atoms with E-state index >= 15 is 0 Å². The topological polar surface area (TPSA) is 73.4 Å². The number of aromatic hydroxyl groups is 1. The first-order valence-electron chi connectivity index (χ1n) is 8.59. The summed E-state index contributed by atoms with van der Waals surface area (Å²) in [5.74, 6) is -1.62. The minimum atomic E-state index is -0.596. The number of benzene rings is 1. The lowest BCUT2D eigenvalue weighted by atomic mass is 9.91. The second kappa shape index (κ2) is 7.68. The third kappa shape index (κ3) is 4.09. The highest BCUT2D eigenvalue weighted by atomic mass is 19.1. The number of pyridine rings is 1. The Morgan fingerprint density at radius 3 is 2.85 bits per heavy atom. The number of aromatic amines is 1. The molecule has 1 atom stereocenters. The number of likely N-dealkylation sites (tertiary alicyclic amines) is 1. The van der Waals surface area contributed by atoms with Gasteiger partial charge >= 0.3 is 0 Å². The summed E-state index contributed by atoms with van der Waals surface area (Å²) in [6.07, 6.45) is 4.11. The molecular formula is C19H20F2N2O3. The lowest BCUT2D eigenvalue weighted by Gasteiger charge is -2.33. The number of halogens is 2. The molecule has 0 radical (unpaired) electrons. The van der Waals surface area contributed by atoms with Gasteiger partial charge in [-0.1, -0.05) is 6.07 Å². The maximum atomic E-state index is 13.7. The van der Waals surface area contributed by atoms with E-state index in [0.29, 0.717) is 31.5 Å². The summed E-state index contributed by atoms with van der Waals surface area (Å²) < 4.78 is 26.7. The van der Waals surface area contributed by atoms with Crippen molar-refractivity contribution in [3.05, 3.63) is 63.6 Å². The molecule has 7 heteroatoms. The van der Waals surface area contributed by atoms with E-state index in [1.165, 1.54) is 18.3 Å². The van der Waals surface area contributed by atoms with E-state index in [0.717, 1.165) is 25.0 Å². The molecule has 1 fully saturated rings. The Kier molecular flexibility index (Phi) is 5.35. The molecule has 1 aliphatic heterocycles. The molecule has 0 saturated carbocycles. The molecule has 3 rings (SSSR count). The van der Waals surface area contributed by atoms with Gasteiger partial charge in [-0.15, -0.1) is 0 Å². The molecule has 1 saturated heterocycles. The van der Waals surface area contributed by atoms with Crippen LogP contribution in [-0.4, -0.2) is 34.0 Å². The van der Waals surface area contributed by atoms with Gasteiger partial charge in [-0.2, -0.15) is 0 Å². The van der Waals surface area contributed by atoms with Crippen molar-refractivity contribution in [1.82, 2.24) is 9.88 Å². The van der Waals surface area contributed by atoms with Crippen molar-refractivity contribution in [2.24, 2.45) is 5.92 Å². The first-order valence-corrected chi connectivity index (χ1v) is 8.59. The zero-order valence-corrected chi connectivity index (χ0v) is 14.2. The SMILES string of the molecule is O=C(c1c[nH]c(=O)cc1O)N1CCCC(CCc2ccc(F)cc2F)C1. The standard InChI is InChI=1S/C19H20F2N2O3/c20-14-6-5-13(16(21)8-14)4-3-12-2-1-7-23(11-12)19(26)15-10-22-18(25)9-17(15)24/h5-6,8-10,12H,1-4,7,11H2,(H2,22,24,25). The molecule has 1 aromatic heterocycles. The van der Waals surface area contributed by atoms with Crippen LogP contribution in [0.3, 0.4) is 0 Å². The molecule has 138 valence electrons.